The van der Waals surface area contributed by atoms with Crippen molar-refractivity contribution in [1.29, 1.82) is 0 Å². The Kier molecular flexibility index (Phi) is 5.28. The molecule has 1 atom stereocenters. The number of nitrogens with one attached hydrogen (secondary N) is 1. The highest BCUT2D eigenvalue weighted by Gasteiger charge is 2.22. The van der Waals surface area contributed by atoms with Gasteiger partial charge >= 0.3 is 0 Å². The summed E-state index contributed by atoms with van der Waals surface area (Å²) in [5.74, 6) is -0.437. The topological polar surface area (TPSA) is 81.4 Å². The predicted molar refractivity (Wildman–Crippen MR) is 92.5 cm³/mol. The lowest BCUT2D eigenvalue weighted by Crippen LogP contribution is -2.30. The fourth-order valence-corrected chi connectivity index (χ4v) is 3.27. The van der Waals surface area contributed by atoms with E-state index in [2.05, 4.69) is 5.32 Å². The van der Waals surface area contributed by atoms with Crippen LogP contribution in [0.3, 0.4) is 0 Å². The molecule has 0 unspecified atom stereocenters. The van der Waals surface area contributed by atoms with Crippen molar-refractivity contribution in [1.82, 2.24) is 0 Å². The van der Waals surface area contributed by atoms with Gasteiger partial charge in [-0.3, -0.25) is 9.59 Å². The number of aryl methyl sites for hydroxylation is 1. The van der Waals surface area contributed by atoms with E-state index in [1.165, 1.54) is 11.3 Å². The van der Waals surface area contributed by atoms with Crippen LogP contribution in [-0.4, -0.2) is 17.9 Å². The van der Waals surface area contributed by atoms with E-state index < -0.39 is 12.0 Å². The van der Waals surface area contributed by atoms with Gasteiger partial charge in [-0.1, -0.05) is 17.7 Å². The molecule has 1 aromatic carbocycles. The molecular formula is C16H17ClN2O3S. The maximum absolute atomic E-state index is 12.3. The normalized spacial score (nSPS) is 11.8. The summed E-state index contributed by atoms with van der Waals surface area (Å²) in [4.78, 5) is 24.8. The van der Waals surface area contributed by atoms with Crippen molar-refractivity contribution in [2.45, 2.75) is 26.9 Å². The molecule has 3 N–H and O–H groups in total. The smallest absolute Gasteiger partial charge is 0.265 e. The van der Waals surface area contributed by atoms with Crippen molar-refractivity contribution in [3.8, 4) is 5.75 Å². The van der Waals surface area contributed by atoms with Gasteiger partial charge in [-0.25, -0.2) is 0 Å². The summed E-state index contributed by atoms with van der Waals surface area (Å²) >= 11 is 7.20. The van der Waals surface area contributed by atoms with Gasteiger partial charge in [0.2, 0.25) is 0 Å². The molecule has 0 bridgehead atoms. The first-order valence-corrected chi connectivity index (χ1v) is 8.12. The number of anilines is 1. The Morgan fingerprint density at radius 2 is 2.04 bits per heavy atom. The van der Waals surface area contributed by atoms with Crippen molar-refractivity contribution in [2.24, 2.45) is 5.73 Å². The van der Waals surface area contributed by atoms with Crippen LogP contribution >= 0.6 is 22.9 Å². The third kappa shape index (κ3) is 4.03. The molecule has 0 spiro atoms. The monoisotopic (exact) mass is 352 g/mol. The van der Waals surface area contributed by atoms with Gasteiger partial charge in [-0.05, 0) is 44.5 Å². The maximum Gasteiger partial charge on any atom is 0.265 e. The van der Waals surface area contributed by atoms with Gasteiger partial charge in [-0.15, -0.1) is 11.3 Å². The lowest BCUT2D eigenvalue weighted by atomic mass is 10.1. The SMILES string of the molecule is Cc1sc(NC(=O)[C@H](C)Oc2cccc(Cl)c2)c(C(N)=O)c1C. The van der Waals surface area contributed by atoms with Crippen molar-refractivity contribution in [3.05, 3.63) is 45.3 Å². The number of halogens is 1. The molecule has 5 nitrogen and oxygen atoms in total. The van der Waals surface area contributed by atoms with Gasteiger partial charge in [0.25, 0.3) is 11.8 Å². The molecule has 1 aromatic heterocycles. The Bertz CT molecular complexity index is 758. The lowest BCUT2D eigenvalue weighted by molar-refractivity contribution is -0.122. The zero-order chi connectivity index (χ0) is 17.1. The van der Waals surface area contributed by atoms with Crippen LogP contribution in [0.5, 0.6) is 5.75 Å². The van der Waals surface area contributed by atoms with Crippen LogP contribution in [0.15, 0.2) is 24.3 Å². The number of carbonyl (C=O) groups excluding carboxylic acids is 2. The molecule has 2 aromatic rings. The number of rotatable bonds is 5. The third-order valence-electron chi connectivity index (χ3n) is 3.35. The molecule has 23 heavy (non-hydrogen) atoms. The molecule has 2 amide bonds. The Morgan fingerprint density at radius 3 is 2.65 bits per heavy atom. The first-order valence-electron chi connectivity index (χ1n) is 6.92. The Balaban J connectivity index is 2.13. The maximum atomic E-state index is 12.3. The predicted octanol–water partition coefficient (Wildman–Crippen LogP) is 3.52. The number of nitrogens with two attached hydrogens (primary N) is 1. The van der Waals surface area contributed by atoms with Gasteiger partial charge < -0.3 is 15.8 Å². The number of primary amides is 1. The number of benzene rings is 1. The summed E-state index contributed by atoms with van der Waals surface area (Å²) < 4.78 is 5.56. The van der Waals surface area contributed by atoms with E-state index in [0.29, 0.717) is 21.3 Å². The van der Waals surface area contributed by atoms with Crippen LogP contribution in [0.25, 0.3) is 0 Å². The van der Waals surface area contributed by atoms with Crippen LogP contribution in [-0.2, 0) is 4.79 Å². The van der Waals surface area contributed by atoms with Crippen LogP contribution < -0.4 is 15.8 Å². The summed E-state index contributed by atoms with van der Waals surface area (Å²) in [7, 11) is 0. The second-order valence-corrected chi connectivity index (χ2v) is 6.72. The first kappa shape index (κ1) is 17.3. The average Bonchev–Trinajstić information content (AvgIpc) is 2.73. The summed E-state index contributed by atoms with van der Waals surface area (Å²) in [6, 6.07) is 6.79. The van der Waals surface area contributed by atoms with E-state index in [9.17, 15) is 9.59 Å². The Hall–Kier alpha value is -2.05. The van der Waals surface area contributed by atoms with Crippen LogP contribution in [0.2, 0.25) is 5.02 Å². The van der Waals surface area contributed by atoms with Crippen molar-refractivity contribution in [3.63, 3.8) is 0 Å². The molecule has 0 saturated heterocycles. The van der Waals surface area contributed by atoms with Gasteiger partial charge in [-0.2, -0.15) is 0 Å². The molecule has 0 radical (unpaired) electrons. The van der Waals surface area contributed by atoms with E-state index in [-0.39, 0.29) is 5.91 Å². The molecule has 0 aliphatic rings. The van der Waals surface area contributed by atoms with Crippen LogP contribution in [0.1, 0.15) is 27.7 Å². The van der Waals surface area contributed by atoms with Crippen molar-refractivity contribution < 1.29 is 14.3 Å². The van der Waals surface area contributed by atoms with E-state index in [1.807, 2.05) is 6.92 Å². The molecule has 1 heterocycles. The Labute approximate surface area is 143 Å². The second-order valence-electron chi connectivity index (χ2n) is 5.06. The quantitative estimate of drug-likeness (QED) is 0.863. The van der Waals surface area contributed by atoms with Gasteiger partial charge in [0.1, 0.15) is 10.8 Å². The van der Waals surface area contributed by atoms with Gasteiger partial charge in [0.15, 0.2) is 6.10 Å². The molecule has 0 aliphatic carbocycles. The zero-order valence-electron chi connectivity index (χ0n) is 13.0. The molecule has 0 saturated carbocycles. The van der Waals surface area contributed by atoms with Crippen LogP contribution in [0, 0.1) is 13.8 Å². The fourth-order valence-electron chi connectivity index (χ4n) is 2.02. The molecular weight excluding hydrogens is 336 g/mol. The van der Waals surface area contributed by atoms with Crippen LogP contribution in [0.4, 0.5) is 5.00 Å². The Morgan fingerprint density at radius 1 is 1.35 bits per heavy atom. The number of carbonyl (C=O) groups is 2. The molecule has 7 heteroatoms. The number of ether oxygens (including phenoxy) is 1. The highest BCUT2D eigenvalue weighted by molar-refractivity contribution is 7.16. The minimum Gasteiger partial charge on any atom is -0.481 e. The molecule has 0 fully saturated rings. The fraction of sp³-hybridized carbons (Fsp3) is 0.250. The average molecular weight is 353 g/mol. The highest BCUT2D eigenvalue weighted by Crippen LogP contribution is 2.32. The zero-order valence-corrected chi connectivity index (χ0v) is 14.5. The van der Waals surface area contributed by atoms with Crippen molar-refractivity contribution in [2.75, 3.05) is 5.32 Å². The van der Waals surface area contributed by atoms with E-state index in [0.717, 1.165) is 10.4 Å². The minimum absolute atomic E-state index is 0.343. The van der Waals surface area contributed by atoms with E-state index in [1.54, 1.807) is 38.1 Å². The summed E-state index contributed by atoms with van der Waals surface area (Å²) in [6.07, 6.45) is -0.753. The third-order valence-corrected chi connectivity index (χ3v) is 4.70. The number of amides is 2. The number of hydrogen-bond acceptors (Lipinski definition) is 4. The highest BCUT2D eigenvalue weighted by atomic mass is 35.5. The largest absolute Gasteiger partial charge is 0.481 e. The molecule has 0 aliphatic heterocycles. The van der Waals surface area contributed by atoms with Gasteiger partial charge in [0, 0.05) is 9.90 Å². The molecule has 2 rings (SSSR count). The summed E-state index contributed by atoms with van der Waals surface area (Å²) in [6.45, 7) is 5.29. The summed E-state index contributed by atoms with van der Waals surface area (Å²) in [5, 5.41) is 3.68. The van der Waals surface area contributed by atoms with E-state index in [4.69, 9.17) is 22.1 Å². The summed E-state index contributed by atoms with van der Waals surface area (Å²) in [5.41, 5.74) is 6.51. The minimum atomic E-state index is -0.753. The van der Waals surface area contributed by atoms with Gasteiger partial charge in [0.05, 0.1) is 5.56 Å². The van der Waals surface area contributed by atoms with E-state index >= 15 is 0 Å². The first-order chi connectivity index (χ1) is 10.8. The second kappa shape index (κ2) is 7.02. The standard InChI is InChI=1S/C16H17ClN2O3S/c1-8-10(3)23-16(13(8)14(18)20)19-15(21)9(2)22-12-6-4-5-11(17)7-12/h4-7,9H,1-3H3,(H2,18,20)(H,19,21)/t9-/m0/s1. The van der Waals surface area contributed by atoms with Crippen molar-refractivity contribution >= 4 is 39.8 Å². The number of thiophene rings is 1. The lowest BCUT2D eigenvalue weighted by Gasteiger charge is -2.14. The molecule has 122 valence electrons. The number of hydrogen-bond donors (Lipinski definition) is 2.